The molecular formula is C6H10N2O. The van der Waals surface area contributed by atoms with Gasteiger partial charge in [-0.15, -0.1) is 0 Å². The molecule has 1 amide bonds. The summed E-state index contributed by atoms with van der Waals surface area (Å²) >= 11 is 0. The van der Waals surface area contributed by atoms with E-state index < -0.39 is 0 Å². The molecule has 0 radical (unpaired) electrons. The zero-order valence-corrected chi connectivity index (χ0v) is 5.18. The van der Waals surface area contributed by atoms with Crippen LogP contribution in [0, 0.1) is 11.3 Å². The minimum Gasteiger partial charge on any atom is -0.294 e. The monoisotopic (exact) mass is 126 g/mol. The highest BCUT2D eigenvalue weighted by molar-refractivity contribution is 5.82. The second-order valence-corrected chi connectivity index (χ2v) is 3.13. The molecule has 2 aliphatic carbocycles. The molecule has 2 rings (SSSR count). The van der Waals surface area contributed by atoms with Crippen molar-refractivity contribution < 1.29 is 4.79 Å². The van der Waals surface area contributed by atoms with Crippen LogP contribution < -0.4 is 11.3 Å². The van der Waals surface area contributed by atoms with Gasteiger partial charge in [-0.05, 0) is 24.7 Å². The topological polar surface area (TPSA) is 55.1 Å². The van der Waals surface area contributed by atoms with E-state index in [0.717, 1.165) is 6.42 Å². The Morgan fingerprint density at radius 1 is 1.67 bits per heavy atom. The van der Waals surface area contributed by atoms with Crippen molar-refractivity contribution >= 4 is 5.91 Å². The third-order valence-electron chi connectivity index (χ3n) is 2.54. The van der Waals surface area contributed by atoms with Gasteiger partial charge in [0, 0.05) is 5.92 Å². The number of nitrogens with two attached hydrogens (primary N) is 1. The Labute approximate surface area is 53.6 Å². The number of hydrogen-bond donors (Lipinski definition) is 2. The standard InChI is InChI=1S/C6H10N2O/c7-8-5(9)4-3-6(4)1-2-6/h4H,1-3,7H2,(H,8,9)/t4-/m1/s1. The summed E-state index contributed by atoms with van der Waals surface area (Å²) in [6.07, 6.45) is 3.56. The second kappa shape index (κ2) is 1.29. The summed E-state index contributed by atoms with van der Waals surface area (Å²) in [6.45, 7) is 0. The lowest BCUT2D eigenvalue weighted by molar-refractivity contribution is -0.122. The zero-order chi connectivity index (χ0) is 6.48. The van der Waals surface area contributed by atoms with Crippen molar-refractivity contribution in [2.45, 2.75) is 19.3 Å². The number of rotatable bonds is 1. The molecule has 0 heterocycles. The quantitative estimate of drug-likeness (QED) is 0.290. The number of hydrogen-bond acceptors (Lipinski definition) is 2. The normalized spacial score (nSPS) is 34.1. The van der Waals surface area contributed by atoms with Crippen LogP contribution in [-0.2, 0) is 4.79 Å². The van der Waals surface area contributed by atoms with E-state index in [1.807, 2.05) is 0 Å². The van der Waals surface area contributed by atoms with Gasteiger partial charge in [-0.1, -0.05) is 0 Å². The molecule has 0 bridgehead atoms. The summed E-state index contributed by atoms with van der Waals surface area (Å²) in [5, 5.41) is 0. The Morgan fingerprint density at radius 2 is 2.33 bits per heavy atom. The fourth-order valence-corrected chi connectivity index (χ4v) is 1.53. The summed E-state index contributed by atoms with van der Waals surface area (Å²) in [5.41, 5.74) is 2.63. The van der Waals surface area contributed by atoms with Crippen LogP contribution in [0.15, 0.2) is 0 Å². The van der Waals surface area contributed by atoms with Gasteiger partial charge in [0.25, 0.3) is 0 Å². The van der Waals surface area contributed by atoms with E-state index in [-0.39, 0.29) is 11.8 Å². The maximum absolute atomic E-state index is 10.8. The number of carbonyl (C=O) groups is 1. The van der Waals surface area contributed by atoms with Gasteiger partial charge in [0.1, 0.15) is 0 Å². The summed E-state index contributed by atoms with van der Waals surface area (Å²) < 4.78 is 0. The minimum absolute atomic E-state index is 0.0347. The summed E-state index contributed by atoms with van der Waals surface area (Å²) in [6, 6.07) is 0. The van der Waals surface area contributed by atoms with Crippen molar-refractivity contribution in [1.82, 2.24) is 5.43 Å². The first-order valence-electron chi connectivity index (χ1n) is 3.29. The van der Waals surface area contributed by atoms with E-state index >= 15 is 0 Å². The van der Waals surface area contributed by atoms with Gasteiger partial charge in [0.15, 0.2) is 0 Å². The molecule has 2 saturated carbocycles. The Morgan fingerprint density at radius 3 is 2.67 bits per heavy atom. The molecule has 3 nitrogen and oxygen atoms in total. The zero-order valence-electron chi connectivity index (χ0n) is 5.18. The summed E-state index contributed by atoms with van der Waals surface area (Å²) in [4.78, 5) is 10.8. The van der Waals surface area contributed by atoms with Crippen LogP contribution in [0.4, 0.5) is 0 Å². The highest BCUT2D eigenvalue weighted by Gasteiger charge is 2.65. The molecule has 1 spiro atoms. The molecule has 1 atom stereocenters. The molecule has 0 aliphatic heterocycles. The third kappa shape index (κ3) is 0.580. The van der Waals surface area contributed by atoms with E-state index in [2.05, 4.69) is 5.43 Å². The molecule has 0 aromatic heterocycles. The Balaban J connectivity index is 1.96. The van der Waals surface area contributed by atoms with Crippen molar-refractivity contribution in [1.29, 1.82) is 0 Å². The van der Waals surface area contributed by atoms with Gasteiger partial charge in [-0.2, -0.15) is 0 Å². The molecule has 3 N–H and O–H groups in total. The van der Waals surface area contributed by atoms with Gasteiger partial charge in [0.05, 0.1) is 0 Å². The minimum atomic E-state index is 0.0347. The van der Waals surface area contributed by atoms with Gasteiger partial charge < -0.3 is 0 Å². The van der Waals surface area contributed by atoms with Crippen LogP contribution in [0.2, 0.25) is 0 Å². The lowest BCUT2D eigenvalue weighted by Gasteiger charge is -1.92. The fraction of sp³-hybridized carbons (Fsp3) is 0.833. The van der Waals surface area contributed by atoms with E-state index in [4.69, 9.17) is 5.84 Å². The Bertz CT molecular complexity index is 162. The van der Waals surface area contributed by atoms with Crippen molar-refractivity contribution in [2.75, 3.05) is 0 Å². The maximum atomic E-state index is 10.8. The molecule has 3 heteroatoms. The van der Waals surface area contributed by atoms with Crippen LogP contribution in [0.3, 0.4) is 0 Å². The SMILES string of the molecule is NNC(=O)[C@H]1CC12CC2. The van der Waals surface area contributed by atoms with Crippen molar-refractivity contribution in [2.24, 2.45) is 17.2 Å². The lowest BCUT2D eigenvalue weighted by atomic mass is 10.3. The first-order chi connectivity index (χ1) is 4.28. The summed E-state index contributed by atoms with van der Waals surface area (Å²) in [5.74, 6) is 5.26. The Hall–Kier alpha value is -0.570. The van der Waals surface area contributed by atoms with Crippen molar-refractivity contribution in [3.63, 3.8) is 0 Å². The molecule has 2 aliphatic rings. The van der Waals surface area contributed by atoms with Gasteiger partial charge in [-0.3, -0.25) is 10.2 Å². The summed E-state index contributed by atoms with van der Waals surface area (Å²) in [7, 11) is 0. The maximum Gasteiger partial charge on any atom is 0.237 e. The van der Waals surface area contributed by atoms with Crippen molar-refractivity contribution in [3.8, 4) is 0 Å². The predicted molar refractivity (Wildman–Crippen MR) is 32.1 cm³/mol. The third-order valence-corrected chi connectivity index (χ3v) is 2.54. The van der Waals surface area contributed by atoms with Crippen LogP contribution in [0.1, 0.15) is 19.3 Å². The molecule has 0 aromatic carbocycles. The molecule has 0 aromatic rings. The molecular weight excluding hydrogens is 116 g/mol. The van der Waals surface area contributed by atoms with Gasteiger partial charge in [-0.25, -0.2) is 5.84 Å². The Kier molecular flexibility index (Phi) is 0.750. The number of carbonyl (C=O) groups excluding carboxylic acids is 1. The lowest BCUT2D eigenvalue weighted by Crippen LogP contribution is -2.31. The van der Waals surface area contributed by atoms with Gasteiger partial charge in [0.2, 0.25) is 5.91 Å². The number of hydrazine groups is 1. The molecule has 9 heavy (non-hydrogen) atoms. The highest BCUT2D eigenvalue weighted by Crippen LogP contribution is 2.70. The first kappa shape index (κ1) is 5.23. The molecule has 0 unspecified atom stereocenters. The molecule has 50 valence electrons. The van der Waals surface area contributed by atoms with Crippen LogP contribution in [0.5, 0.6) is 0 Å². The fourth-order valence-electron chi connectivity index (χ4n) is 1.53. The van der Waals surface area contributed by atoms with E-state index in [1.165, 1.54) is 12.8 Å². The second-order valence-electron chi connectivity index (χ2n) is 3.13. The predicted octanol–water partition coefficient (Wildman–Crippen LogP) is -0.224. The number of nitrogens with one attached hydrogen (secondary N) is 1. The molecule has 2 fully saturated rings. The van der Waals surface area contributed by atoms with Gasteiger partial charge >= 0.3 is 0 Å². The van der Waals surface area contributed by atoms with Crippen LogP contribution in [0.25, 0.3) is 0 Å². The average molecular weight is 126 g/mol. The van der Waals surface area contributed by atoms with Crippen LogP contribution in [-0.4, -0.2) is 5.91 Å². The van der Waals surface area contributed by atoms with Crippen LogP contribution >= 0.6 is 0 Å². The largest absolute Gasteiger partial charge is 0.294 e. The molecule has 0 saturated heterocycles. The number of amides is 1. The average Bonchev–Trinajstić information content (AvgIpc) is 2.74. The smallest absolute Gasteiger partial charge is 0.237 e. The first-order valence-corrected chi connectivity index (χ1v) is 3.29. The van der Waals surface area contributed by atoms with E-state index in [9.17, 15) is 4.79 Å². The van der Waals surface area contributed by atoms with E-state index in [0.29, 0.717) is 5.41 Å². The van der Waals surface area contributed by atoms with E-state index in [1.54, 1.807) is 0 Å². The highest BCUT2D eigenvalue weighted by atomic mass is 16.2. The van der Waals surface area contributed by atoms with Crippen molar-refractivity contribution in [3.05, 3.63) is 0 Å².